The maximum atomic E-state index is 14.8. The van der Waals surface area contributed by atoms with E-state index >= 15 is 0 Å². The summed E-state index contributed by atoms with van der Waals surface area (Å²) in [4.78, 5) is 14.1. The molecule has 1 atom stereocenters. The van der Waals surface area contributed by atoms with E-state index in [2.05, 4.69) is 15.8 Å². The van der Waals surface area contributed by atoms with Gasteiger partial charge in [0.05, 0.1) is 5.69 Å². The molecule has 29 heavy (non-hydrogen) atoms. The maximum absolute atomic E-state index is 14.8. The molecule has 0 radical (unpaired) electrons. The van der Waals surface area contributed by atoms with E-state index in [-0.39, 0.29) is 18.3 Å². The van der Waals surface area contributed by atoms with Crippen LogP contribution in [0.1, 0.15) is 31.7 Å². The Morgan fingerprint density at radius 2 is 2.07 bits per heavy atom. The molecule has 0 bridgehead atoms. The first kappa shape index (κ1) is 18.0. The van der Waals surface area contributed by atoms with Crippen molar-refractivity contribution >= 4 is 23.1 Å². The lowest BCUT2D eigenvalue weighted by atomic mass is 9.91. The molecule has 7 heteroatoms. The van der Waals surface area contributed by atoms with Crippen molar-refractivity contribution in [2.75, 3.05) is 16.8 Å². The fourth-order valence-corrected chi connectivity index (χ4v) is 4.03. The lowest BCUT2D eigenvalue weighted by molar-refractivity contribution is -0.122. The topological polar surface area (TPSA) is 66.0 Å². The summed E-state index contributed by atoms with van der Waals surface area (Å²) >= 11 is 0. The molecule has 2 aliphatic heterocycles. The number of hydrogen-bond acceptors (Lipinski definition) is 5. The molecule has 2 N–H and O–H groups in total. The van der Waals surface area contributed by atoms with Crippen LogP contribution in [-0.4, -0.2) is 30.4 Å². The van der Waals surface area contributed by atoms with Gasteiger partial charge in [0.15, 0.2) is 5.84 Å². The van der Waals surface area contributed by atoms with Gasteiger partial charge in [-0.05, 0) is 56.9 Å². The average molecular weight is 394 g/mol. The molecule has 5 rings (SSSR count). The van der Waals surface area contributed by atoms with Crippen LogP contribution in [0.25, 0.3) is 11.1 Å². The summed E-state index contributed by atoms with van der Waals surface area (Å²) in [5.41, 5.74) is 6.34. The number of halogens is 1. The Bertz CT molecular complexity index is 1030. The number of nitrogens with one attached hydrogen (secondary N) is 2. The van der Waals surface area contributed by atoms with Crippen molar-refractivity contribution in [2.24, 2.45) is 5.10 Å². The summed E-state index contributed by atoms with van der Waals surface area (Å²) in [5, 5.41) is 7.71. The van der Waals surface area contributed by atoms with Gasteiger partial charge in [-0.2, -0.15) is 5.10 Å². The van der Waals surface area contributed by atoms with Crippen LogP contribution in [0.2, 0.25) is 0 Å². The van der Waals surface area contributed by atoms with E-state index in [1.54, 1.807) is 6.07 Å². The Morgan fingerprint density at radius 1 is 1.24 bits per heavy atom. The van der Waals surface area contributed by atoms with Crippen molar-refractivity contribution in [1.29, 1.82) is 0 Å². The number of hydrazone groups is 1. The SMILES string of the molecule is Cc1ccc(-c2cc3c(cc2NC2CCC2)N2C(=NNC(=O)C2C)CO3)c(F)c1. The highest BCUT2D eigenvalue weighted by Gasteiger charge is 2.36. The van der Waals surface area contributed by atoms with Gasteiger partial charge in [-0.25, -0.2) is 9.82 Å². The van der Waals surface area contributed by atoms with Gasteiger partial charge in [-0.1, -0.05) is 12.1 Å². The van der Waals surface area contributed by atoms with E-state index in [1.165, 1.54) is 6.42 Å². The highest BCUT2D eigenvalue weighted by atomic mass is 19.1. The molecule has 1 fully saturated rings. The molecule has 1 unspecified atom stereocenters. The number of benzene rings is 2. The molecule has 0 aromatic heterocycles. The van der Waals surface area contributed by atoms with Crippen molar-refractivity contribution < 1.29 is 13.9 Å². The molecule has 6 nitrogen and oxygen atoms in total. The van der Waals surface area contributed by atoms with Gasteiger partial charge in [-0.3, -0.25) is 4.79 Å². The van der Waals surface area contributed by atoms with Crippen LogP contribution in [0.5, 0.6) is 5.75 Å². The molecule has 1 saturated carbocycles. The molecular weight excluding hydrogens is 371 g/mol. The zero-order valence-corrected chi connectivity index (χ0v) is 16.5. The number of carbonyl (C=O) groups excluding carboxylic acids is 1. The molecule has 0 saturated heterocycles. The van der Waals surface area contributed by atoms with Crippen LogP contribution < -0.4 is 20.4 Å². The fraction of sp³-hybridized carbons (Fsp3) is 0.364. The van der Waals surface area contributed by atoms with Crippen LogP contribution in [0.3, 0.4) is 0 Å². The highest BCUT2D eigenvalue weighted by molar-refractivity contribution is 6.10. The van der Waals surface area contributed by atoms with Crippen LogP contribution in [0.15, 0.2) is 35.4 Å². The Kier molecular flexibility index (Phi) is 4.19. The minimum atomic E-state index is -0.399. The first-order valence-electron chi connectivity index (χ1n) is 10.0. The second-order valence-electron chi connectivity index (χ2n) is 7.96. The predicted molar refractivity (Wildman–Crippen MR) is 111 cm³/mol. The molecule has 0 spiro atoms. The lowest BCUT2D eigenvalue weighted by Gasteiger charge is -2.39. The van der Waals surface area contributed by atoms with Crippen molar-refractivity contribution in [3.05, 3.63) is 41.7 Å². The number of fused-ring (bicyclic) bond motifs is 3. The monoisotopic (exact) mass is 394 g/mol. The Balaban J connectivity index is 1.65. The summed E-state index contributed by atoms with van der Waals surface area (Å²) in [6.45, 7) is 3.97. The summed E-state index contributed by atoms with van der Waals surface area (Å²) in [6.07, 6.45) is 3.39. The molecule has 150 valence electrons. The van der Waals surface area contributed by atoms with Gasteiger partial charge in [0.25, 0.3) is 5.91 Å². The van der Waals surface area contributed by atoms with Gasteiger partial charge in [0.2, 0.25) is 0 Å². The number of amides is 1. The quantitative estimate of drug-likeness (QED) is 0.831. The van der Waals surface area contributed by atoms with Crippen molar-refractivity contribution in [1.82, 2.24) is 5.43 Å². The molecule has 1 aliphatic carbocycles. The van der Waals surface area contributed by atoms with Crippen LogP contribution >= 0.6 is 0 Å². The zero-order chi connectivity index (χ0) is 20.1. The second-order valence-corrected chi connectivity index (χ2v) is 7.96. The van der Waals surface area contributed by atoms with Crippen LogP contribution in [0, 0.1) is 12.7 Å². The van der Waals surface area contributed by atoms with Crippen LogP contribution in [-0.2, 0) is 4.79 Å². The number of amidine groups is 1. The third kappa shape index (κ3) is 3.01. The van der Waals surface area contributed by atoms with Gasteiger partial charge in [0, 0.05) is 22.9 Å². The minimum absolute atomic E-state index is 0.163. The van der Waals surface area contributed by atoms with E-state index in [1.807, 2.05) is 43.0 Å². The second kappa shape index (κ2) is 6.76. The van der Waals surface area contributed by atoms with Gasteiger partial charge < -0.3 is 15.0 Å². The maximum Gasteiger partial charge on any atom is 0.262 e. The largest absolute Gasteiger partial charge is 0.483 e. The molecule has 2 aromatic rings. The number of aryl methyl sites for hydroxylation is 1. The van der Waals surface area contributed by atoms with Crippen molar-refractivity contribution in [2.45, 2.75) is 45.2 Å². The Labute approximate surface area is 168 Å². The van der Waals surface area contributed by atoms with E-state index in [0.29, 0.717) is 23.2 Å². The van der Waals surface area contributed by atoms with Gasteiger partial charge in [-0.15, -0.1) is 0 Å². The standard InChI is InChI=1S/C22H23FN4O2/c1-12-6-7-15(17(23)8-12)16-9-20-19(10-18(16)24-14-4-3-5-14)27-13(2)22(28)26-25-21(27)11-29-20/h6-10,13-14,24H,3-5,11H2,1-2H3,(H,26,28). The summed E-state index contributed by atoms with van der Waals surface area (Å²) in [5.74, 6) is 0.863. The molecule has 3 aliphatic rings. The Hall–Kier alpha value is -3.09. The molecule has 1 amide bonds. The van der Waals surface area contributed by atoms with Gasteiger partial charge in [0.1, 0.15) is 24.2 Å². The highest BCUT2D eigenvalue weighted by Crippen LogP contribution is 2.44. The summed E-state index contributed by atoms with van der Waals surface area (Å²) in [7, 11) is 0. The molecule has 2 heterocycles. The lowest BCUT2D eigenvalue weighted by Crippen LogP contribution is -2.55. The van der Waals surface area contributed by atoms with Gasteiger partial charge >= 0.3 is 0 Å². The van der Waals surface area contributed by atoms with Crippen LogP contribution in [0.4, 0.5) is 15.8 Å². The number of nitrogens with zero attached hydrogens (tertiary/aromatic N) is 2. The first-order valence-corrected chi connectivity index (χ1v) is 10.0. The first-order chi connectivity index (χ1) is 14.0. The summed E-state index contributed by atoms with van der Waals surface area (Å²) in [6, 6.07) is 9.08. The number of anilines is 2. The normalized spacial score (nSPS) is 20.7. The summed E-state index contributed by atoms with van der Waals surface area (Å²) < 4.78 is 20.7. The molecular formula is C22H23FN4O2. The van der Waals surface area contributed by atoms with Crippen molar-refractivity contribution in [3.63, 3.8) is 0 Å². The third-order valence-electron chi connectivity index (χ3n) is 5.93. The fourth-order valence-electron chi connectivity index (χ4n) is 4.03. The van der Waals surface area contributed by atoms with Crippen molar-refractivity contribution in [3.8, 4) is 16.9 Å². The van der Waals surface area contributed by atoms with E-state index in [9.17, 15) is 9.18 Å². The minimum Gasteiger partial charge on any atom is -0.483 e. The third-order valence-corrected chi connectivity index (χ3v) is 5.93. The zero-order valence-electron chi connectivity index (χ0n) is 16.5. The number of carbonyl (C=O) groups is 1. The number of hydrogen-bond donors (Lipinski definition) is 2. The van der Waals surface area contributed by atoms with E-state index in [4.69, 9.17) is 4.74 Å². The van der Waals surface area contributed by atoms with E-state index < -0.39 is 6.04 Å². The average Bonchev–Trinajstić information content (AvgIpc) is 2.67. The Morgan fingerprint density at radius 3 is 2.79 bits per heavy atom. The number of rotatable bonds is 3. The number of ether oxygens (including phenoxy) is 1. The smallest absolute Gasteiger partial charge is 0.262 e. The molecule has 2 aromatic carbocycles. The van der Waals surface area contributed by atoms with E-state index in [0.717, 1.165) is 35.3 Å². The predicted octanol–water partition coefficient (Wildman–Crippen LogP) is 3.80.